The molecule has 0 unspecified atom stereocenters. The van der Waals surface area contributed by atoms with Crippen molar-refractivity contribution in [1.82, 2.24) is 9.97 Å². The zero-order valence-corrected chi connectivity index (χ0v) is 17.0. The topological polar surface area (TPSA) is 84.1 Å². The van der Waals surface area contributed by atoms with E-state index in [2.05, 4.69) is 48.2 Å². The maximum Gasteiger partial charge on any atom is 0.220 e. The van der Waals surface area contributed by atoms with Gasteiger partial charge in [-0.25, -0.2) is 4.98 Å². The molecule has 1 aliphatic heterocycles. The van der Waals surface area contributed by atoms with E-state index in [9.17, 15) is 4.79 Å². The summed E-state index contributed by atoms with van der Waals surface area (Å²) in [6.45, 7) is 2.25. The molecule has 0 aliphatic carbocycles. The summed E-state index contributed by atoms with van der Waals surface area (Å²) >= 11 is 3.54. The van der Waals surface area contributed by atoms with Crippen LogP contribution in [0.25, 0.3) is 10.9 Å². The predicted molar refractivity (Wildman–Crippen MR) is 115 cm³/mol. The number of nitrogens with two attached hydrogens (primary N) is 1. The second kappa shape index (κ2) is 8.14. The summed E-state index contributed by atoms with van der Waals surface area (Å²) in [6, 6.07) is 12.1. The lowest BCUT2D eigenvalue weighted by molar-refractivity contribution is -0.122. The summed E-state index contributed by atoms with van der Waals surface area (Å²) in [6.07, 6.45) is 5.19. The van der Waals surface area contributed by atoms with Gasteiger partial charge in [0.2, 0.25) is 5.91 Å². The van der Waals surface area contributed by atoms with E-state index in [-0.39, 0.29) is 11.8 Å². The molecule has 1 amide bonds. The molecule has 144 valence electrons. The second-order valence-electron chi connectivity index (χ2n) is 7.02. The van der Waals surface area contributed by atoms with Gasteiger partial charge in [0.15, 0.2) is 0 Å². The fraction of sp³-hybridized carbons (Fsp3) is 0.286. The molecule has 3 heterocycles. The van der Waals surface area contributed by atoms with Crippen LogP contribution >= 0.6 is 15.9 Å². The van der Waals surface area contributed by atoms with Gasteiger partial charge in [-0.15, -0.1) is 0 Å². The van der Waals surface area contributed by atoms with Crippen molar-refractivity contribution in [1.29, 1.82) is 0 Å². The van der Waals surface area contributed by atoms with Gasteiger partial charge in [-0.05, 0) is 43.2 Å². The van der Waals surface area contributed by atoms with Crippen LogP contribution in [0, 0.1) is 5.92 Å². The summed E-state index contributed by atoms with van der Waals surface area (Å²) in [7, 11) is 0. The normalized spacial score (nSPS) is 15.0. The number of rotatable bonds is 5. The minimum absolute atomic E-state index is 0.0248. The first-order chi connectivity index (χ1) is 13.6. The van der Waals surface area contributed by atoms with Crippen LogP contribution in [0.2, 0.25) is 0 Å². The first kappa shape index (κ1) is 18.7. The highest BCUT2D eigenvalue weighted by molar-refractivity contribution is 9.10. The Morgan fingerprint density at radius 2 is 2.00 bits per heavy atom. The van der Waals surface area contributed by atoms with E-state index in [0.29, 0.717) is 6.54 Å². The molecule has 0 bridgehead atoms. The van der Waals surface area contributed by atoms with Gasteiger partial charge in [-0.3, -0.25) is 9.78 Å². The number of amides is 1. The van der Waals surface area contributed by atoms with Gasteiger partial charge in [0.25, 0.3) is 0 Å². The molecular weight excluding hydrogens is 418 g/mol. The molecule has 0 saturated carbocycles. The SMILES string of the molecule is NC(=O)C1CCN(c2ncccc2CNc2ccnc3ccc(Br)cc23)CC1. The Balaban J connectivity index is 1.53. The Kier molecular flexibility index (Phi) is 5.43. The van der Waals surface area contributed by atoms with Crippen LogP contribution in [-0.4, -0.2) is 29.0 Å². The Morgan fingerprint density at radius 3 is 2.79 bits per heavy atom. The van der Waals surface area contributed by atoms with Crippen molar-refractivity contribution in [2.45, 2.75) is 19.4 Å². The van der Waals surface area contributed by atoms with Crippen molar-refractivity contribution in [3.63, 3.8) is 0 Å². The van der Waals surface area contributed by atoms with Crippen LogP contribution in [0.5, 0.6) is 0 Å². The van der Waals surface area contributed by atoms with Gasteiger partial charge < -0.3 is 16.0 Å². The summed E-state index contributed by atoms with van der Waals surface area (Å²) in [5, 5.41) is 4.61. The largest absolute Gasteiger partial charge is 0.380 e. The molecule has 4 rings (SSSR count). The number of nitrogens with one attached hydrogen (secondary N) is 1. The quantitative estimate of drug-likeness (QED) is 0.632. The van der Waals surface area contributed by atoms with Crippen LogP contribution < -0.4 is 16.0 Å². The molecule has 2 aromatic heterocycles. The molecule has 3 N–H and O–H groups in total. The standard InChI is InChI=1S/C21H22BrN5O/c22-16-3-4-18-17(12-16)19(5-9-24-18)26-13-15-2-1-8-25-21(15)27-10-6-14(7-11-27)20(23)28/h1-5,8-9,12,14H,6-7,10-11,13H2,(H2,23,28)(H,24,26). The van der Waals surface area contributed by atoms with Gasteiger partial charge in [-0.1, -0.05) is 22.0 Å². The lowest BCUT2D eigenvalue weighted by atomic mass is 9.96. The van der Waals surface area contributed by atoms with Crippen LogP contribution in [0.4, 0.5) is 11.5 Å². The number of nitrogens with zero attached hydrogens (tertiary/aromatic N) is 3. The molecule has 0 atom stereocenters. The van der Waals surface area contributed by atoms with Crippen LogP contribution in [0.15, 0.2) is 53.3 Å². The highest BCUT2D eigenvalue weighted by atomic mass is 79.9. The third-order valence-corrected chi connectivity index (χ3v) is 5.73. The minimum atomic E-state index is -0.196. The fourth-order valence-corrected chi connectivity index (χ4v) is 4.05. The van der Waals surface area contributed by atoms with Gasteiger partial charge in [0.05, 0.1) is 5.52 Å². The average Bonchev–Trinajstić information content (AvgIpc) is 2.72. The molecule has 0 spiro atoms. The van der Waals surface area contributed by atoms with Gasteiger partial charge in [0.1, 0.15) is 5.82 Å². The third kappa shape index (κ3) is 3.94. The Labute approximate surface area is 172 Å². The molecule has 1 saturated heterocycles. The van der Waals surface area contributed by atoms with E-state index in [4.69, 9.17) is 5.73 Å². The molecule has 1 aromatic carbocycles. The van der Waals surface area contributed by atoms with Crippen molar-refractivity contribution < 1.29 is 4.79 Å². The van der Waals surface area contributed by atoms with Crippen molar-refractivity contribution in [3.8, 4) is 0 Å². The van der Waals surface area contributed by atoms with E-state index in [1.54, 1.807) is 0 Å². The van der Waals surface area contributed by atoms with E-state index < -0.39 is 0 Å². The first-order valence-electron chi connectivity index (χ1n) is 9.38. The summed E-state index contributed by atoms with van der Waals surface area (Å²) < 4.78 is 1.02. The van der Waals surface area contributed by atoms with Crippen molar-refractivity contribution in [2.24, 2.45) is 11.7 Å². The number of hydrogen-bond acceptors (Lipinski definition) is 5. The molecule has 1 aliphatic rings. The number of halogens is 1. The number of carbonyl (C=O) groups is 1. The molecule has 7 heteroatoms. The number of aromatic nitrogens is 2. The predicted octanol–water partition coefficient (Wildman–Crippen LogP) is 3.71. The summed E-state index contributed by atoms with van der Waals surface area (Å²) in [4.78, 5) is 22.7. The number of primary amides is 1. The second-order valence-corrected chi connectivity index (χ2v) is 7.94. The number of anilines is 2. The highest BCUT2D eigenvalue weighted by Gasteiger charge is 2.24. The maximum absolute atomic E-state index is 11.4. The third-order valence-electron chi connectivity index (χ3n) is 5.24. The number of carbonyl (C=O) groups excluding carboxylic acids is 1. The number of piperidine rings is 1. The van der Waals surface area contributed by atoms with Crippen LogP contribution in [0.1, 0.15) is 18.4 Å². The number of pyridine rings is 2. The zero-order valence-electron chi connectivity index (χ0n) is 15.4. The minimum Gasteiger partial charge on any atom is -0.380 e. The van der Waals surface area contributed by atoms with Crippen LogP contribution in [-0.2, 0) is 11.3 Å². The molecule has 28 heavy (non-hydrogen) atoms. The lowest BCUT2D eigenvalue weighted by Crippen LogP contribution is -2.39. The molecular formula is C21H22BrN5O. The molecule has 3 aromatic rings. The monoisotopic (exact) mass is 439 g/mol. The number of hydrogen-bond donors (Lipinski definition) is 2. The Morgan fingerprint density at radius 1 is 1.18 bits per heavy atom. The number of fused-ring (bicyclic) bond motifs is 1. The smallest absolute Gasteiger partial charge is 0.220 e. The molecule has 1 fully saturated rings. The molecule has 6 nitrogen and oxygen atoms in total. The fourth-order valence-electron chi connectivity index (χ4n) is 3.69. The Bertz CT molecular complexity index is 1000. The van der Waals surface area contributed by atoms with E-state index in [0.717, 1.165) is 58.4 Å². The van der Waals surface area contributed by atoms with E-state index >= 15 is 0 Å². The average molecular weight is 440 g/mol. The van der Waals surface area contributed by atoms with Crippen molar-refractivity contribution in [2.75, 3.05) is 23.3 Å². The maximum atomic E-state index is 11.4. The van der Waals surface area contributed by atoms with Crippen LogP contribution in [0.3, 0.4) is 0 Å². The van der Waals surface area contributed by atoms with Gasteiger partial charge >= 0.3 is 0 Å². The summed E-state index contributed by atoms with van der Waals surface area (Å²) in [5.41, 5.74) is 8.57. The lowest BCUT2D eigenvalue weighted by Gasteiger charge is -2.32. The molecule has 0 radical (unpaired) electrons. The van der Waals surface area contributed by atoms with Crippen molar-refractivity contribution >= 4 is 44.2 Å². The van der Waals surface area contributed by atoms with E-state index in [1.165, 1.54) is 0 Å². The highest BCUT2D eigenvalue weighted by Crippen LogP contribution is 2.28. The van der Waals surface area contributed by atoms with Gasteiger partial charge in [0, 0.05) is 59.1 Å². The summed E-state index contributed by atoms with van der Waals surface area (Å²) in [5.74, 6) is 0.749. The Hall–Kier alpha value is -2.67. The number of benzene rings is 1. The first-order valence-corrected chi connectivity index (χ1v) is 10.2. The zero-order chi connectivity index (χ0) is 19.5. The van der Waals surface area contributed by atoms with Crippen molar-refractivity contribution in [3.05, 3.63) is 58.8 Å². The van der Waals surface area contributed by atoms with Gasteiger partial charge in [-0.2, -0.15) is 0 Å². The van der Waals surface area contributed by atoms with E-state index in [1.807, 2.05) is 36.7 Å².